The predicted molar refractivity (Wildman–Crippen MR) is 126 cm³/mol. The van der Waals surface area contributed by atoms with Crippen LogP contribution in [0.25, 0.3) is 5.57 Å². The fourth-order valence-electron chi connectivity index (χ4n) is 4.04. The van der Waals surface area contributed by atoms with E-state index in [1.165, 1.54) is 33.4 Å². The van der Waals surface area contributed by atoms with Crippen LogP contribution in [0.2, 0.25) is 0 Å². The van der Waals surface area contributed by atoms with Crippen LogP contribution in [0.1, 0.15) is 70.4 Å². The average Bonchev–Trinajstić information content (AvgIpc) is 3.03. The van der Waals surface area contributed by atoms with Crippen molar-refractivity contribution in [2.75, 3.05) is 6.61 Å². The second kappa shape index (κ2) is 8.66. The SMILES string of the molecule is CCOC(=O)c1ccc(C#Cc2ccc3c(c2)C(c2ccc(C)cc2)=C(C)C3C)cc1. The average molecular weight is 407 g/mol. The molecule has 0 heterocycles. The molecular weight excluding hydrogens is 380 g/mol. The van der Waals surface area contributed by atoms with Crippen molar-refractivity contribution in [2.24, 2.45) is 0 Å². The quantitative estimate of drug-likeness (QED) is 0.366. The Labute approximate surface area is 184 Å². The van der Waals surface area contributed by atoms with Crippen LogP contribution < -0.4 is 0 Å². The minimum absolute atomic E-state index is 0.305. The van der Waals surface area contributed by atoms with Crippen LogP contribution in [-0.2, 0) is 4.74 Å². The molecule has 1 aliphatic carbocycles. The van der Waals surface area contributed by atoms with Gasteiger partial charge in [0.2, 0.25) is 0 Å². The fraction of sp³-hybridized carbons (Fsp3) is 0.207. The summed E-state index contributed by atoms with van der Waals surface area (Å²) in [7, 11) is 0. The van der Waals surface area contributed by atoms with Crippen LogP contribution in [0.15, 0.2) is 72.3 Å². The molecule has 0 fully saturated rings. The lowest BCUT2D eigenvalue weighted by Crippen LogP contribution is -2.04. The molecule has 31 heavy (non-hydrogen) atoms. The summed E-state index contributed by atoms with van der Waals surface area (Å²) >= 11 is 0. The van der Waals surface area contributed by atoms with Gasteiger partial charge in [0.25, 0.3) is 0 Å². The number of hydrogen-bond acceptors (Lipinski definition) is 2. The van der Waals surface area contributed by atoms with Gasteiger partial charge < -0.3 is 4.74 Å². The van der Waals surface area contributed by atoms with Gasteiger partial charge in [-0.1, -0.05) is 60.2 Å². The fourth-order valence-corrected chi connectivity index (χ4v) is 4.04. The minimum atomic E-state index is -0.305. The van der Waals surface area contributed by atoms with Gasteiger partial charge in [-0.2, -0.15) is 0 Å². The van der Waals surface area contributed by atoms with E-state index in [1.807, 2.05) is 12.1 Å². The van der Waals surface area contributed by atoms with Crippen molar-refractivity contribution in [3.63, 3.8) is 0 Å². The Morgan fingerprint density at radius 2 is 1.55 bits per heavy atom. The molecule has 4 rings (SSSR count). The lowest BCUT2D eigenvalue weighted by atomic mass is 9.95. The van der Waals surface area contributed by atoms with E-state index in [1.54, 1.807) is 19.1 Å². The van der Waals surface area contributed by atoms with Crippen LogP contribution in [0, 0.1) is 18.8 Å². The first-order valence-corrected chi connectivity index (χ1v) is 10.7. The summed E-state index contributed by atoms with van der Waals surface area (Å²) in [6, 6.07) is 22.5. The second-order valence-corrected chi connectivity index (χ2v) is 8.00. The van der Waals surface area contributed by atoms with Gasteiger partial charge in [0.15, 0.2) is 0 Å². The largest absolute Gasteiger partial charge is 0.462 e. The van der Waals surface area contributed by atoms with Crippen LogP contribution in [0.3, 0.4) is 0 Å². The number of carbonyl (C=O) groups excluding carboxylic acids is 1. The first kappa shape index (κ1) is 20.7. The van der Waals surface area contributed by atoms with E-state index in [0.717, 1.165) is 11.1 Å². The zero-order valence-electron chi connectivity index (χ0n) is 18.5. The maximum Gasteiger partial charge on any atom is 0.338 e. The number of ether oxygens (including phenoxy) is 1. The van der Waals surface area contributed by atoms with E-state index in [4.69, 9.17) is 4.74 Å². The molecule has 0 saturated carbocycles. The van der Waals surface area contributed by atoms with Gasteiger partial charge in [-0.25, -0.2) is 4.79 Å². The third-order valence-electron chi connectivity index (χ3n) is 5.92. The van der Waals surface area contributed by atoms with Crippen molar-refractivity contribution in [3.05, 3.63) is 111 Å². The maximum absolute atomic E-state index is 11.8. The van der Waals surface area contributed by atoms with E-state index in [0.29, 0.717) is 18.1 Å². The Bertz CT molecular complexity index is 1220. The van der Waals surface area contributed by atoms with E-state index in [2.05, 4.69) is 75.1 Å². The molecular formula is C29H26O2. The summed E-state index contributed by atoms with van der Waals surface area (Å²) in [5.74, 6) is 6.60. The van der Waals surface area contributed by atoms with Gasteiger partial charge in [0.05, 0.1) is 12.2 Å². The number of hydrogen-bond donors (Lipinski definition) is 0. The molecule has 0 aromatic heterocycles. The maximum atomic E-state index is 11.8. The highest BCUT2D eigenvalue weighted by atomic mass is 16.5. The van der Waals surface area contributed by atoms with Gasteiger partial charge in [0.1, 0.15) is 0 Å². The Morgan fingerprint density at radius 3 is 2.23 bits per heavy atom. The van der Waals surface area contributed by atoms with E-state index in [-0.39, 0.29) is 5.97 Å². The van der Waals surface area contributed by atoms with Crippen molar-refractivity contribution in [3.8, 4) is 11.8 Å². The molecule has 1 unspecified atom stereocenters. The molecule has 1 aliphatic rings. The highest BCUT2D eigenvalue weighted by molar-refractivity contribution is 5.90. The molecule has 0 spiro atoms. The number of allylic oxidation sites excluding steroid dienone is 1. The third kappa shape index (κ3) is 4.18. The van der Waals surface area contributed by atoms with Crippen LogP contribution >= 0.6 is 0 Å². The molecule has 0 saturated heterocycles. The van der Waals surface area contributed by atoms with Crippen molar-refractivity contribution >= 4 is 11.5 Å². The van der Waals surface area contributed by atoms with Crippen LogP contribution in [0.4, 0.5) is 0 Å². The first-order valence-electron chi connectivity index (χ1n) is 10.7. The van der Waals surface area contributed by atoms with Gasteiger partial charge >= 0.3 is 5.97 Å². The highest BCUT2D eigenvalue weighted by Crippen LogP contribution is 2.44. The number of fused-ring (bicyclic) bond motifs is 1. The minimum Gasteiger partial charge on any atom is -0.462 e. The Hall–Kier alpha value is -3.57. The molecule has 0 aliphatic heterocycles. The van der Waals surface area contributed by atoms with Gasteiger partial charge in [-0.3, -0.25) is 0 Å². The highest BCUT2D eigenvalue weighted by Gasteiger charge is 2.26. The standard InChI is InChI=1S/C29H26O2/c1-5-31-29(30)25-15-10-22(11-16-25)8-9-23-12-17-26-20(3)21(4)28(27(26)18-23)24-13-6-19(2)7-14-24/h6-7,10-18,20H,5H2,1-4H3. The Kier molecular flexibility index (Phi) is 5.78. The molecule has 1 atom stereocenters. The van der Waals surface area contributed by atoms with Gasteiger partial charge in [-0.15, -0.1) is 0 Å². The topological polar surface area (TPSA) is 26.3 Å². The molecule has 0 N–H and O–H groups in total. The lowest BCUT2D eigenvalue weighted by molar-refractivity contribution is 0.0526. The summed E-state index contributed by atoms with van der Waals surface area (Å²) in [5.41, 5.74) is 10.3. The zero-order valence-corrected chi connectivity index (χ0v) is 18.5. The summed E-state index contributed by atoms with van der Waals surface area (Å²) in [4.78, 5) is 11.8. The van der Waals surface area contributed by atoms with Crippen molar-refractivity contribution < 1.29 is 9.53 Å². The zero-order chi connectivity index (χ0) is 22.0. The molecule has 0 radical (unpaired) electrons. The van der Waals surface area contributed by atoms with Crippen molar-refractivity contribution in [2.45, 2.75) is 33.6 Å². The predicted octanol–water partition coefficient (Wildman–Crippen LogP) is 6.51. The van der Waals surface area contributed by atoms with Crippen molar-refractivity contribution in [1.82, 2.24) is 0 Å². The number of benzene rings is 3. The number of rotatable bonds is 3. The van der Waals surface area contributed by atoms with E-state index >= 15 is 0 Å². The smallest absolute Gasteiger partial charge is 0.338 e. The molecule has 3 aromatic rings. The molecule has 0 bridgehead atoms. The summed E-state index contributed by atoms with van der Waals surface area (Å²) < 4.78 is 5.03. The molecule has 2 heteroatoms. The van der Waals surface area contributed by atoms with Crippen LogP contribution in [0.5, 0.6) is 0 Å². The number of carbonyl (C=O) groups is 1. The molecule has 2 nitrogen and oxygen atoms in total. The van der Waals surface area contributed by atoms with Crippen molar-refractivity contribution in [1.29, 1.82) is 0 Å². The number of aryl methyl sites for hydroxylation is 1. The number of esters is 1. The molecule has 154 valence electrons. The second-order valence-electron chi connectivity index (χ2n) is 8.00. The first-order chi connectivity index (χ1) is 15.0. The Morgan fingerprint density at radius 1 is 0.903 bits per heavy atom. The summed E-state index contributed by atoms with van der Waals surface area (Å²) in [6.07, 6.45) is 0. The van der Waals surface area contributed by atoms with E-state index < -0.39 is 0 Å². The lowest BCUT2D eigenvalue weighted by Gasteiger charge is -2.08. The Balaban J connectivity index is 1.64. The van der Waals surface area contributed by atoms with Gasteiger partial charge in [0, 0.05) is 17.0 Å². The van der Waals surface area contributed by atoms with Crippen LogP contribution in [-0.4, -0.2) is 12.6 Å². The van der Waals surface area contributed by atoms with E-state index in [9.17, 15) is 4.79 Å². The summed E-state index contributed by atoms with van der Waals surface area (Å²) in [5, 5.41) is 0. The third-order valence-corrected chi connectivity index (χ3v) is 5.92. The molecule has 0 amide bonds. The summed E-state index contributed by atoms with van der Waals surface area (Å²) in [6.45, 7) is 8.79. The monoisotopic (exact) mass is 406 g/mol. The van der Waals surface area contributed by atoms with Gasteiger partial charge in [-0.05, 0) is 79.4 Å². The normalized spacial score (nSPS) is 14.6. The molecule has 3 aromatic carbocycles.